The van der Waals surface area contributed by atoms with Gasteiger partial charge < -0.3 is 10.6 Å². The maximum atomic E-state index is 11.9. The van der Waals surface area contributed by atoms with Crippen LogP contribution in [0.1, 0.15) is 24.1 Å². The summed E-state index contributed by atoms with van der Waals surface area (Å²) in [6.07, 6.45) is 4.03. The van der Waals surface area contributed by atoms with Gasteiger partial charge in [0, 0.05) is 31.9 Å². The summed E-state index contributed by atoms with van der Waals surface area (Å²) < 4.78 is 1.78. The molecule has 1 amide bonds. The predicted octanol–water partition coefficient (Wildman–Crippen LogP) is 0.344. The van der Waals surface area contributed by atoms with Crippen molar-refractivity contribution in [3.05, 3.63) is 17.5 Å². The molecule has 94 valence electrons. The molecule has 0 spiro atoms. The van der Waals surface area contributed by atoms with Gasteiger partial charge in [-0.1, -0.05) is 0 Å². The molecule has 1 saturated heterocycles. The Morgan fingerprint density at radius 1 is 1.71 bits per heavy atom. The lowest BCUT2D eigenvalue weighted by atomic mass is 9.99. The Morgan fingerprint density at radius 3 is 3.12 bits per heavy atom. The van der Waals surface area contributed by atoms with Crippen LogP contribution >= 0.6 is 0 Å². The Labute approximate surface area is 102 Å². The summed E-state index contributed by atoms with van der Waals surface area (Å²) >= 11 is 0. The molecule has 17 heavy (non-hydrogen) atoms. The van der Waals surface area contributed by atoms with Gasteiger partial charge in [-0.2, -0.15) is 5.10 Å². The Kier molecular flexibility index (Phi) is 3.78. The van der Waals surface area contributed by atoms with Gasteiger partial charge in [-0.15, -0.1) is 0 Å². The lowest BCUT2D eigenvalue weighted by molar-refractivity contribution is -0.125. The van der Waals surface area contributed by atoms with E-state index in [4.69, 9.17) is 0 Å². The van der Waals surface area contributed by atoms with E-state index >= 15 is 0 Å². The molecule has 2 heterocycles. The maximum absolute atomic E-state index is 11.9. The van der Waals surface area contributed by atoms with Crippen molar-refractivity contribution < 1.29 is 4.79 Å². The molecule has 1 aliphatic heterocycles. The average Bonchev–Trinajstić information content (AvgIpc) is 2.66. The second-order valence-corrected chi connectivity index (χ2v) is 4.67. The van der Waals surface area contributed by atoms with Gasteiger partial charge in [-0.05, 0) is 26.3 Å². The van der Waals surface area contributed by atoms with Gasteiger partial charge in [0.15, 0.2) is 0 Å². The van der Waals surface area contributed by atoms with E-state index in [0.717, 1.165) is 37.2 Å². The van der Waals surface area contributed by atoms with Gasteiger partial charge in [0.05, 0.1) is 11.6 Å². The summed E-state index contributed by atoms with van der Waals surface area (Å²) in [5.41, 5.74) is 2.07. The number of nitrogens with one attached hydrogen (secondary N) is 2. The molecule has 1 unspecified atom stereocenters. The number of carbonyl (C=O) groups excluding carboxylic acids is 1. The van der Waals surface area contributed by atoms with E-state index in [0.29, 0.717) is 6.54 Å². The van der Waals surface area contributed by atoms with E-state index in [2.05, 4.69) is 15.7 Å². The van der Waals surface area contributed by atoms with Gasteiger partial charge in [0.25, 0.3) is 0 Å². The number of amides is 1. The van der Waals surface area contributed by atoms with Crippen molar-refractivity contribution in [2.45, 2.75) is 26.3 Å². The quantitative estimate of drug-likeness (QED) is 0.796. The Bertz CT molecular complexity index is 393. The van der Waals surface area contributed by atoms with Crippen molar-refractivity contribution in [3.63, 3.8) is 0 Å². The monoisotopic (exact) mass is 236 g/mol. The number of rotatable bonds is 3. The minimum absolute atomic E-state index is 0.126. The first-order valence-electron chi connectivity index (χ1n) is 6.14. The molecular formula is C12H20N4O. The summed E-state index contributed by atoms with van der Waals surface area (Å²) in [7, 11) is 1.89. The molecule has 2 N–H and O–H groups in total. The predicted molar refractivity (Wildman–Crippen MR) is 65.4 cm³/mol. The number of aryl methyl sites for hydroxylation is 2. The summed E-state index contributed by atoms with van der Waals surface area (Å²) in [4.78, 5) is 11.9. The number of hydrogen-bond acceptors (Lipinski definition) is 3. The zero-order valence-corrected chi connectivity index (χ0v) is 10.5. The number of hydrogen-bond donors (Lipinski definition) is 2. The molecule has 1 aromatic rings. The molecule has 0 aromatic carbocycles. The lowest BCUT2D eigenvalue weighted by Crippen LogP contribution is -2.40. The van der Waals surface area contributed by atoms with Crippen LogP contribution in [-0.4, -0.2) is 28.8 Å². The second kappa shape index (κ2) is 5.31. The van der Waals surface area contributed by atoms with E-state index in [-0.39, 0.29) is 11.8 Å². The first-order chi connectivity index (χ1) is 8.16. The van der Waals surface area contributed by atoms with Crippen LogP contribution in [0.15, 0.2) is 6.20 Å². The third kappa shape index (κ3) is 3.06. The van der Waals surface area contributed by atoms with Crippen LogP contribution < -0.4 is 10.6 Å². The van der Waals surface area contributed by atoms with Gasteiger partial charge >= 0.3 is 0 Å². The van der Waals surface area contributed by atoms with Crippen molar-refractivity contribution >= 4 is 5.91 Å². The zero-order chi connectivity index (χ0) is 12.3. The molecule has 2 rings (SSSR count). The molecule has 0 aliphatic carbocycles. The highest BCUT2D eigenvalue weighted by Crippen LogP contribution is 2.10. The van der Waals surface area contributed by atoms with Crippen molar-refractivity contribution in [1.82, 2.24) is 20.4 Å². The molecular weight excluding hydrogens is 216 g/mol. The third-order valence-corrected chi connectivity index (χ3v) is 3.24. The van der Waals surface area contributed by atoms with Gasteiger partial charge in [0.2, 0.25) is 5.91 Å². The molecule has 5 heteroatoms. The maximum Gasteiger partial charge on any atom is 0.224 e. The van der Waals surface area contributed by atoms with Crippen molar-refractivity contribution in [1.29, 1.82) is 0 Å². The smallest absolute Gasteiger partial charge is 0.224 e. The van der Waals surface area contributed by atoms with E-state index in [9.17, 15) is 4.79 Å². The summed E-state index contributed by atoms with van der Waals surface area (Å²) in [6, 6.07) is 0. The summed E-state index contributed by atoms with van der Waals surface area (Å²) in [5.74, 6) is 0.279. The van der Waals surface area contributed by atoms with Crippen molar-refractivity contribution in [3.8, 4) is 0 Å². The molecule has 0 saturated carbocycles. The van der Waals surface area contributed by atoms with E-state index in [1.807, 2.05) is 20.2 Å². The fourth-order valence-corrected chi connectivity index (χ4v) is 2.22. The van der Waals surface area contributed by atoms with E-state index in [1.54, 1.807) is 4.68 Å². The zero-order valence-electron chi connectivity index (χ0n) is 10.5. The van der Waals surface area contributed by atoms with Crippen molar-refractivity contribution in [2.24, 2.45) is 13.0 Å². The Hall–Kier alpha value is -1.36. The fourth-order valence-electron chi connectivity index (χ4n) is 2.22. The van der Waals surface area contributed by atoms with Crippen LogP contribution in [0.25, 0.3) is 0 Å². The van der Waals surface area contributed by atoms with Crippen LogP contribution in [0.4, 0.5) is 0 Å². The minimum Gasteiger partial charge on any atom is -0.352 e. The van der Waals surface area contributed by atoms with Crippen LogP contribution in [0.5, 0.6) is 0 Å². The molecule has 1 aliphatic rings. The first-order valence-corrected chi connectivity index (χ1v) is 6.14. The largest absolute Gasteiger partial charge is 0.352 e. The molecule has 1 atom stereocenters. The minimum atomic E-state index is 0.126. The topological polar surface area (TPSA) is 59.0 Å². The highest BCUT2D eigenvalue weighted by molar-refractivity contribution is 5.78. The highest BCUT2D eigenvalue weighted by atomic mass is 16.1. The van der Waals surface area contributed by atoms with Crippen LogP contribution in [-0.2, 0) is 18.4 Å². The van der Waals surface area contributed by atoms with Crippen LogP contribution in [0.2, 0.25) is 0 Å². The number of aromatic nitrogens is 2. The SMILES string of the molecule is Cc1nn(C)cc1CNC(=O)C1CCCNC1. The number of nitrogens with zero attached hydrogens (tertiary/aromatic N) is 2. The third-order valence-electron chi connectivity index (χ3n) is 3.24. The molecule has 5 nitrogen and oxygen atoms in total. The average molecular weight is 236 g/mol. The molecule has 1 fully saturated rings. The van der Waals surface area contributed by atoms with E-state index in [1.165, 1.54) is 0 Å². The Morgan fingerprint density at radius 2 is 2.53 bits per heavy atom. The lowest BCUT2D eigenvalue weighted by Gasteiger charge is -2.21. The molecule has 0 bridgehead atoms. The first kappa shape index (κ1) is 12.1. The number of carbonyl (C=O) groups is 1. The van der Waals surface area contributed by atoms with Gasteiger partial charge in [-0.25, -0.2) is 0 Å². The van der Waals surface area contributed by atoms with Crippen LogP contribution in [0, 0.1) is 12.8 Å². The summed E-state index contributed by atoms with van der Waals surface area (Å²) in [5, 5.41) is 10.5. The van der Waals surface area contributed by atoms with Crippen molar-refractivity contribution in [2.75, 3.05) is 13.1 Å². The fraction of sp³-hybridized carbons (Fsp3) is 0.667. The number of piperidine rings is 1. The molecule has 1 aromatic heterocycles. The standard InChI is InChI=1S/C12H20N4O/c1-9-11(8-16(2)15-9)7-14-12(17)10-4-3-5-13-6-10/h8,10,13H,3-7H2,1-2H3,(H,14,17). The molecule has 0 radical (unpaired) electrons. The van der Waals surface area contributed by atoms with E-state index < -0.39 is 0 Å². The summed E-state index contributed by atoms with van der Waals surface area (Å²) in [6.45, 7) is 4.38. The van der Waals surface area contributed by atoms with Gasteiger partial charge in [0.1, 0.15) is 0 Å². The highest BCUT2D eigenvalue weighted by Gasteiger charge is 2.20. The van der Waals surface area contributed by atoms with Crippen LogP contribution in [0.3, 0.4) is 0 Å². The normalized spacial score (nSPS) is 20.2. The van der Waals surface area contributed by atoms with Gasteiger partial charge in [-0.3, -0.25) is 9.48 Å². The Balaban J connectivity index is 1.85. The second-order valence-electron chi connectivity index (χ2n) is 4.67.